The van der Waals surface area contributed by atoms with Crippen LogP contribution < -0.4 is 4.74 Å². The molecule has 0 bridgehead atoms. The number of para-hydroxylation sites is 1. The standard InChI is InChI=1S/C20H18F3N3O3S/c1-13(14-9-11-17(12-10-14)29-20(21,22)23)30(27,28)19-24-18(15-7-8-15)26(25-19)16-5-3-2-4-6-16/h2-6,9-13,15H,7-8H2,1H3. The van der Waals surface area contributed by atoms with E-state index in [1.165, 1.54) is 19.1 Å². The van der Waals surface area contributed by atoms with Crippen LogP contribution in [-0.4, -0.2) is 29.5 Å². The fourth-order valence-corrected chi connectivity index (χ4v) is 4.32. The van der Waals surface area contributed by atoms with Gasteiger partial charge in [-0.05, 0) is 49.6 Å². The van der Waals surface area contributed by atoms with Crippen molar-refractivity contribution >= 4 is 9.84 Å². The van der Waals surface area contributed by atoms with Gasteiger partial charge in [-0.1, -0.05) is 30.3 Å². The predicted octanol–water partition coefficient (Wildman–Crippen LogP) is 4.58. The van der Waals surface area contributed by atoms with E-state index < -0.39 is 27.2 Å². The van der Waals surface area contributed by atoms with Gasteiger partial charge in [-0.3, -0.25) is 0 Å². The summed E-state index contributed by atoms with van der Waals surface area (Å²) in [6, 6.07) is 13.9. The predicted molar refractivity (Wildman–Crippen MR) is 102 cm³/mol. The van der Waals surface area contributed by atoms with Gasteiger partial charge in [0.15, 0.2) is 0 Å². The Bertz CT molecular complexity index is 1140. The fraction of sp³-hybridized carbons (Fsp3) is 0.300. The summed E-state index contributed by atoms with van der Waals surface area (Å²) in [5.41, 5.74) is 1.03. The van der Waals surface area contributed by atoms with Gasteiger partial charge in [-0.25, -0.2) is 18.1 Å². The maximum absolute atomic E-state index is 13.1. The van der Waals surface area contributed by atoms with E-state index in [1.54, 1.807) is 4.68 Å². The highest BCUT2D eigenvalue weighted by molar-refractivity contribution is 7.91. The Morgan fingerprint density at radius 2 is 1.70 bits per heavy atom. The van der Waals surface area contributed by atoms with Gasteiger partial charge >= 0.3 is 6.36 Å². The Morgan fingerprint density at radius 3 is 2.27 bits per heavy atom. The summed E-state index contributed by atoms with van der Waals surface area (Å²) in [7, 11) is -3.96. The van der Waals surface area contributed by atoms with E-state index in [0.29, 0.717) is 11.4 Å². The van der Waals surface area contributed by atoms with E-state index in [1.807, 2.05) is 30.3 Å². The number of rotatable bonds is 6. The summed E-state index contributed by atoms with van der Waals surface area (Å²) in [5.74, 6) is 0.343. The second kappa shape index (κ2) is 7.42. The first-order valence-corrected chi connectivity index (χ1v) is 10.8. The molecule has 1 aromatic heterocycles. The Hall–Kier alpha value is -2.88. The summed E-state index contributed by atoms with van der Waals surface area (Å²) in [6.45, 7) is 1.45. The van der Waals surface area contributed by atoms with Gasteiger partial charge in [-0.2, -0.15) is 0 Å². The first-order valence-electron chi connectivity index (χ1n) is 9.27. The van der Waals surface area contributed by atoms with Gasteiger partial charge in [0.25, 0.3) is 5.16 Å². The zero-order valence-electron chi connectivity index (χ0n) is 15.9. The van der Waals surface area contributed by atoms with Gasteiger partial charge in [0.1, 0.15) is 11.6 Å². The van der Waals surface area contributed by atoms with Crippen molar-refractivity contribution < 1.29 is 26.3 Å². The lowest BCUT2D eigenvalue weighted by molar-refractivity contribution is -0.274. The van der Waals surface area contributed by atoms with Gasteiger partial charge < -0.3 is 4.74 Å². The lowest BCUT2D eigenvalue weighted by atomic mass is 10.2. The summed E-state index contributed by atoms with van der Waals surface area (Å²) in [5, 5.41) is 2.93. The monoisotopic (exact) mass is 437 g/mol. The molecular formula is C20H18F3N3O3S. The first kappa shape index (κ1) is 20.4. The van der Waals surface area contributed by atoms with Crippen molar-refractivity contribution in [1.82, 2.24) is 14.8 Å². The van der Waals surface area contributed by atoms with Crippen LogP contribution in [0.25, 0.3) is 5.69 Å². The average Bonchev–Trinajstić information content (AvgIpc) is 3.45. The van der Waals surface area contributed by atoms with E-state index >= 15 is 0 Å². The van der Waals surface area contributed by atoms with Crippen molar-refractivity contribution in [2.45, 2.75) is 42.5 Å². The zero-order chi connectivity index (χ0) is 21.5. The van der Waals surface area contributed by atoms with Crippen LogP contribution >= 0.6 is 0 Å². The van der Waals surface area contributed by atoms with E-state index in [0.717, 1.165) is 30.7 Å². The third kappa shape index (κ3) is 4.18. The van der Waals surface area contributed by atoms with E-state index in [4.69, 9.17) is 0 Å². The highest BCUT2D eigenvalue weighted by Crippen LogP contribution is 2.40. The molecule has 1 saturated carbocycles. The van der Waals surface area contributed by atoms with Crippen LogP contribution in [0.4, 0.5) is 13.2 Å². The molecular weight excluding hydrogens is 419 g/mol. The van der Waals surface area contributed by atoms with Crippen LogP contribution in [-0.2, 0) is 9.84 Å². The lowest BCUT2D eigenvalue weighted by Crippen LogP contribution is -2.17. The van der Waals surface area contributed by atoms with Crippen molar-refractivity contribution in [3.8, 4) is 11.4 Å². The van der Waals surface area contributed by atoms with Crippen molar-refractivity contribution in [2.24, 2.45) is 0 Å². The van der Waals surface area contributed by atoms with Crippen molar-refractivity contribution in [3.05, 3.63) is 66.0 Å². The SMILES string of the molecule is CC(c1ccc(OC(F)(F)F)cc1)S(=O)(=O)c1nc(C2CC2)n(-c2ccccc2)n1. The number of nitrogens with zero attached hydrogens (tertiary/aromatic N) is 3. The average molecular weight is 437 g/mol. The van der Waals surface area contributed by atoms with Gasteiger partial charge in [-0.15, -0.1) is 18.3 Å². The van der Waals surface area contributed by atoms with E-state index in [2.05, 4.69) is 14.8 Å². The third-order valence-corrected chi connectivity index (χ3v) is 6.74. The molecule has 0 saturated heterocycles. The molecule has 1 atom stereocenters. The molecule has 0 radical (unpaired) electrons. The lowest BCUT2D eigenvalue weighted by Gasteiger charge is -2.13. The largest absolute Gasteiger partial charge is 0.573 e. The molecule has 1 heterocycles. The molecule has 6 nitrogen and oxygen atoms in total. The minimum absolute atomic E-state index is 0.163. The van der Waals surface area contributed by atoms with Crippen LogP contribution in [0.15, 0.2) is 59.8 Å². The smallest absolute Gasteiger partial charge is 0.406 e. The van der Waals surface area contributed by atoms with Gasteiger partial charge in [0.2, 0.25) is 9.84 Å². The second-order valence-electron chi connectivity index (χ2n) is 7.08. The van der Waals surface area contributed by atoms with Crippen molar-refractivity contribution in [1.29, 1.82) is 0 Å². The van der Waals surface area contributed by atoms with E-state index in [9.17, 15) is 21.6 Å². The molecule has 0 amide bonds. The molecule has 30 heavy (non-hydrogen) atoms. The molecule has 1 unspecified atom stereocenters. The molecule has 1 fully saturated rings. The Kier molecular flexibility index (Phi) is 5.05. The molecule has 158 valence electrons. The number of aromatic nitrogens is 3. The molecule has 1 aliphatic carbocycles. The zero-order valence-corrected chi connectivity index (χ0v) is 16.7. The minimum atomic E-state index is -4.81. The first-order chi connectivity index (χ1) is 14.1. The summed E-state index contributed by atoms with van der Waals surface area (Å²) in [4.78, 5) is 4.32. The number of hydrogen-bond acceptors (Lipinski definition) is 5. The van der Waals surface area contributed by atoms with Crippen LogP contribution in [0.2, 0.25) is 0 Å². The Morgan fingerprint density at radius 1 is 1.07 bits per heavy atom. The molecule has 0 N–H and O–H groups in total. The third-order valence-electron chi connectivity index (χ3n) is 4.86. The molecule has 4 rings (SSSR count). The highest BCUT2D eigenvalue weighted by atomic mass is 32.2. The van der Waals surface area contributed by atoms with Gasteiger partial charge in [0.05, 0.1) is 10.9 Å². The van der Waals surface area contributed by atoms with Crippen LogP contribution in [0, 0.1) is 0 Å². The Balaban J connectivity index is 1.65. The molecule has 0 spiro atoms. The quantitative estimate of drug-likeness (QED) is 0.565. The number of benzene rings is 2. The van der Waals surface area contributed by atoms with E-state index in [-0.39, 0.29) is 11.1 Å². The number of halogens is 3. The van der Waals surface area contributed by atoms with Crippen LogP contribution in [0.5, 0.6) is 5.75 Å². The van der Waals surface area contributed by atoms with Crippen LogP contribution in [0.1, 0.15) is 42.3 Å². The molecule has 3 aromatic rings. The van der Waals surface area contributed by atoms with Gasteiger partial charge in [0, 0.05) is 5.92 Å². The molecule has 10 heteroatoms. The summed E-state index contributed by atoms with van der Waals surface area (Å²) < 4.78 is 68.6. The maximum Gasteiger partial charge on any atom is 0.573 e. The number of ether oxygens (including phenoxy) is 1. The number of alkyl halides is 3. The van der Waals surface area contributed by atoms with Crippen molar-refractivity contribution in [3.63, 3.8) is 0 Å². The second-order valence-corrected chi connectivity index (χ2v) is 9.24. The summed E-state index contributed by atoms with van der Waals surface area (Å²) in [6.07, 6.45) is -2.98. The molecule has 2 aromatic carbocycles. The minimum Gasteiger partial charge on any atom is -0.406 e. The molecule has 0 aliphatic heterocycles. The number of sulfone groups is 1. The molecule has 1 aliphatic rings. The maximum atomic E-state index is 13.1. The summed E-state index contributed by atoms with van der Waals surface area (Å²) >= 11 is 0. The topological polar surface area (TPSA) is 74.1 Å². The highest BCUT2D eigenvalue weighted by Gasteiger charge is 2.36. The fourth-order valence-electron chi connectivity index (χ4n) is 3.07. The Labute approximate surface area is 171 Å². The normalized spacial score (nSPS) is 15.7. The van der Waals surface area contributed by atoms with Crippen LogP contribution in [0.3, 0.4) is 0 Å². The number of hydrogen-bond donors (Lipinski definition) is 0. The van der Waals surface area contributed by atoms with Crippen molar-refractivity contribution in [2.75, 3.05) is 0 Å².